The average molecular weight is 281 g/mol. The van der Waals surface area contributed by atoms with Gasteiger partial charge in [0.25, 0.3) is 0 Å². The molecule has 1 aromatic rings. The standard InChI is InChI=1S/C14H23N3OS/c1-2-13-9-17(5-6-18-13)8-12-10-19-14(16-12)7-15-11-3-4-11/h10-11,13,15H,2-9H2,1H3. The number of thiazole rings is 1. The highest BCUT2D eigenvalue weighted by molar-refractivity contribution is 7.09. The second-order valence-electron chi connectivity index (χ2n) is 5.52. The Morgan fingerprint density at radius 2 is 2.42 bits per heavy atom. The minimum Gasteiger partial charge on any atom is -0.376 e. The first-order valence-corrected chi connectivity index (χ1v) is 8.22. The molecule has 5 heteroatoms. The predicted molar refractivity (Wildman–Crippen MR) is 77.3 cm³/mol. The van der Waals surface area contributed by atoms with Gasteiger partial charge in [0.1, 0.15) is 5.01 Å². The quantitative estimate of drug-likeness (QED) is 0.865. The highest BCUT2D eigenvalue weighted by Crippen LogP contribution is 2.20. The van der Waals surface area contributed by atoms with E-state index in [0.29, 0.717) is 6.10 Å². The van der Waals surface area contributed by atoms with E-state index in [1.54, 1.807) is 11.3 Å². The third kappa shape index (κ3) is 3.99. The Balaban J connectivity index is 1.48. The molecule has 1 unspecified atom stereocenters. The average Bonchev–Trinajstić information content (AvgIpc) is 3.17. The molecule has 0 spiro atoms. The molecule has 3 rings (SSSR count). The number of hydrogen-bond acceptors (Lipinski definition) is 5. The van der Waals surface area contributed by atoms with Gasteiger partial charge in [-0.2, -0.15) is 0 Å². The lowest BCUT2D eigenvalue weighted by Gasteiger charge is -2.31. The second kappa shape index (κ2) is 6.31. The van der Waals surface area contributed by atoms with Crippen molar-refractivity contribution < 1.29 is 4.74 Å². The van der Waals surface area contributed by atoms with Crippen molar-refractivity contribution in [1.29, 1.82) is 0 Å². The van der Waals surface area contributed by atoms with E-state index in [-0.39, 0.29) is 0 Å². The number of morpholine rings is 1. The first kappa shape index (κ1) is 13.5. The number of nitrogens with one attached hydrogen (secondary N) is 1. The van der Waals surface area contributed by atoms with Gasteiger partial charge in [-0.3, -0.25) is 4.90 Å². The first-order chi connectivity index (χ1) is 9.33. The summed E-state index contributed by atoms with van der Waals surface area (Å²) in [6.45, 7) is 7.04. The van der Waals surface area contributed by atoms with Gasteiger partial charge in [0.2, 0.25) is 0 Å². The summed E-state index contributed by atoms with van der Waals surface area (Å²) in [6.07, 6.45) is 4.18. The van der Waals surface area contributed by atoms with Gasteiger partial charge in [-0.15, -0.1) is 11.3 Å². The van der Waals surface area contributed by atoms with Crippen molar-refractivity contribution in [3.63, 3.8) is 0 Å². The van der Waals surface area contributed by atoms with Crippen LogP contribution >= 0.6 is 11.3 Å². The van der Waals surface area contributed by atoms with Crippen LogP contribution in [-0.4, -0.2) is 41.7 Å². The van der Waals surface area contributed by atoms with E-state index >= 15 is 0 Å². The van der Waals surface area contributed by atoms with Gasteiger partial charge in [0.05, 0.1) is 18.4 Å². The summed E-state index contributed by atoms with van der Waals surface area (Å²) in [5.74, 6) is 0. The Morgan fingerprint density at radius 1 is 1.53 bits per heavy atom. The summed E-state index contributed by atoms with van der Waals surface area (Å²) in [7, 11) is 0. The highest BCUT2D eigenvalue weighted by Gasteiger charge is 2.21. The maximum atomic E-state index is 5.70. The number of ether oxygens (including phenoxy) is 1. The van der Waals surface area contributed by atoms with E-state index in [0.717, 1.165) is 45.2 Å². The summed E-state index contributed by atoms with van der Waals surface area (Å²) >= 11 is 1.78. The number of hydrogen-bond donors (Lipinski definition) is 1. The smallest absolute Gasteiger partial charge is 0.107 e. The maximum absolute atomic E-state index is 5.70. The fourth-order valence-corrected chi connectivity index (χ4v) is 3.16. The summed E-state index contributed by atoms with van der Waals surface area (Å²) in [4.78, 5) is 7.19. The second-order valence-corrected chi connectivity index (χ2v) is 6.47. The topological polar surface area (TPSA) is 37.4 Å². The van der Waals surface area contributed by atoms with Crippen LogP contribution in [0.2, 0.25) is 0 Å². The van der Waals surface area contributed by atoms with Gasteiger partial charge >= 0.3 is 0 Å². The first-order valence-electron chi connectivity index (χ1n) is 7.34. The van der Waals surface area contributed by atoms with Gasteiger partial charge in [-0.05, 0) is 19.3 Å². The number of aromatic nitrogens is 1. The largest absolute Gasteiger partial charge is 0.376 e. The van der Waals surface area contributed by atoms with Crippen LogP contribution in [0.1, 0.15) is 36.9 Å². The van der Waals surface area contributed by atoms with E-state index < -0.39 is 0 Å². The van der Waals surface area contributed by atoms with Crippen molar-refractivity contribution in [1.82, 2.24) is 15.2 Å². The van der Waals surface area contributed by atoms with Crippen LogP contribution in [-0.2, 0) is 17.8 Å². The van der Waals surface area contributed by atoms with E-state index in [2.05, 4.69) is 22.5 Å². The van der Waals surface area contributed by atoms with E-state index in [1.807, 2.05) is 0 Å². The highest BCUT2D eigenvalue weighted by atomic mass is 32.1. The van der Waals surface area contributed by atoms with E-state index in [9.17, 15) is 0 Å². The SMILES string of the molecule is CCC1CN(Cc2csc(CNC3CC3)n2)CCO1. The molecule has 1 aliphatic carbocycles. The van der Waals surface area contributed by atoms with Gasteiger partial charge in [-0.25, -0.2) is 4.98 Å². The molecule has 0 radical (unpaired) electrons. The molecule has 19 heavy (non-hydrogen) atoms. The van der Waals surface area contributed by atoms with Gasteiger partial charge in [0.15, 0.2) is 0 Å². The molecule has 1 saturated heterocycles. The fraction of sp³-hybridized carbons (Fsp3) is 0.786. The van der Waals surface area contributed by atoms with Crippen molar-refractivity contribution in [2.45, 2.75) is 51.4 Å². The Labute approximate surface area is 119 Å². The van der Waals surface area contributed by atoms with Crippen LogP contribution in [0, 0.1) is 0 Å². The van der Waals surface area contributed by atoms with Crippen LogP contribution < -0.4 is 5.32 Å². The van der Waals surface area contributed by atoms with Crippen molar-refractivity contribution in [2.24, 2.45) is 0 Å². The minimum atomic E-state index is 0.406. The number of rotatable bonds is 6. The van der Waals surface area contributed by atoms with Crippen molar-refractivity contribution in [3.05, 3.63) is 16.1 Å². The maximum Gasteiger partial charge on any atom is 0.107 e. The lowest BCUT2D eigenvalue weighted by atomic mass is 10.2. The third-order valence-corrected chi connectivity index (χ3v) is 4.68. The van der Waals surface area contributed by atoms with Gasteiger partial charge in [-0.1, -0.05) is 6.92 Å². The normalized spacial score (nSPS) is 24.8. The number of nitrogens with zero attached hydrogens (tertiary/aromatic N) is 2. The van der Waals surface area contributed by atoms with Crippen molar-refractivity contribution >= 4 is 11.3 Å². The Kier molecular flexibility index (Phi) is 4.48. The minimum absolute atomic E-state index is 0.406. The Hall–Kier alpha value is -0.490. The van der Waals surface area contributed by atoms with Gasteiger partial charge in [0, 0.05) is 37.6 Å². The Morgan fingerprint density at radius 3 is 3.21 bits per heavy atom. The summed E-state index contributed by atoms with van der Waals surface area (Å²) in [5.41, 5.74) is 1.22. The zero-order chi connectivity index (χ0) is 13.1. The zero-order valence-electron chi connectivity index (χ0n) is 11.6. The molecule has 2 aliphatic rings. The van der Waals surface area contributed by atoms with E-state index in [1.165, 1.54) is 23.5 Å². The summed E-state index contributed by atoms with van der Waals surface area (Å²) in [6, 6.07) is 0.761. The summed E-state index contributed by atoms with van der Waals surface area (Å²) in [5, 5.41) is 6.95. The molecule has 0 amide bonds. The van der Waals surface area contributed by atoms with Gasteiger partial charge < -0.3 is 10.1 Å². The monoisotopic (exact) mass is 281 g/mol. The van der Waals surface area contributed by atoms with Crippen LogP contribution in [0.15, 0.2) is 5.38 Å². The molecule has 2 heterocycles. The predicted octanol–water partition coefficient (Wildman–Crippen LogP) is 2.01. The molecule has 1 aromatic heterocycles. The zero-order valence-corrected chi connectivity index (χ0v) is 12.4. The molecule has 0 bridgehead atoms. The Bertz CT molecular complexity index is 405. The lowest BCUT2D eigenvalue weighted by molar-refractivity contribution is -0.0327. The molecular formula is C14H23N3OS. The van der Waals surface area contributed by atoms with E-state index in [4.69, 9.17) is 9.72 Å². The molecule has 106 valence electrons. The van der Waals surface area contributed by atoms with Crippen molar-refractivity contribution in [2.75, 3.05) is 19.7 Å². The van der Waals surface area contributed by atoms with Crippen LogP contribution in [0.25, 0.3) is 0 Å². The molecular weight excluding hydrogens is 258 g/mol. The molecule has 2 fully saturated rings. The van der Waals surface area contributed by atoms with Crippen LogP contribution in [0.4, 0.5) is 0 Å². The van der Waals surface area contributed by atoms with Crippen LogP contribution in [0.5, 0.6) is 0 Å². The van der Waals surface area contributed by atoms with Crippen LogP contribution in [0.3, 0.4) is 0 Å². The molecule has 0 aromatic carbocycles. The van der Waals surface area contributed by atoms with Crippen molar-refractivity contribution in [3.8, 4) is 0 Å². The molecule has 1 saturated carbocycles. The molecule has 4 nitrogen and oxygen atoms in total. The lowest BCUT2D eigenvalue weighted by Crippen LogP contribution is -2.41. The molecule has 1 aliphatic heterocycles. The summed E-state index contributed by atoms with van der Waals surface area (Å²) < 4.78 is 5.70. The molecule has 1 N–H and O–H groups in total. The molecule has 1 atom stereocenters. The third-order valence-electron chi connectivity index (χ3n) is 3.78. The fourth-order valence-electron chi connectivity index (χ4n) is 2.42.